The molecule has 0 radical (unpaired) electrons. The second kappa shape index (κ2) is 24.1. The van der Waals surface area contributed by atoms with Crippen LogP contribution in [0.25, 0.3) is 11.1 Å². The molecule has 8 unspecified atom stereocenters. The van der Waals surface area contributed by atoms with Crippen molar-refractivity contribution in [2.24, 2.45) is 45.5 Å². The molecular weight excluding hydrogens is 1020 g/mol. The van der Waals surface area contributed by atoms with E-state index in [0.29, 0.717) is 47.3 Å². The third-order valence-corrected chi connectivity index (χ3v) is 19.3. The fourth-order valence-electron chi connectivity index (χ4n) is 15.2. The van der Waals surface area contributed by atoms with Gasteiger partial charge in [0.15, 0.2) is 0 Å². The van der Waals surface area contributed by atoms with Crippen LogP contribution < -0.4 is 9.97 Å². The first-order valence-electron chi connectivity index (χ1n) is 30.0. The normalized spacial score (nSPS) is 26.0. The van der Waals surface area contributed by atoms with Gasteiger partial charge in [-0.3, -0.25) is 19.6 Å². The average molecular weight is 1110 g/mol. The van der Waals surface area contributed by atoms with Crippen LogP contribution in [-0.4, -0.2) is 61.2 Å². The Kier molecular flexibility index (Phi) is 18.3. The first kappa shape index (κ1) is 60.0. The van der Waals surface area contributed by atoms with E-state index in [1.807, 2.05) is 28.2 Å². The Morgan fingerprint density at radius 1 is 0.494 bits per heavy atom. The number of hydrogen-bond acceptors (Lipinski definition) is 4. The van der Waals surface area contributed by atoms with Gasteiger partial charge in [0.25, 0.3) is 11.8 Å². The minimum Gasteiger partial charge on any atom is -0.660 e. The van der Waals surface area contributed by atoms with Crippen LogP contribution >= 0.6 is 0 Å². The van der Waals surface area contributed by atoms with E-state index in [1.165, 1.54) is 131 Å². The molecule has 4 saturated carbocycles. The summed E-state index contributed by atoms with van der Waals surface area (Å²) >= 11 is 0. The quantitative estimate of drug-likeness (QED) is 0.148. The molecular formula is C70H92N6O2Zn. The van der Waals surface area contributed by atoms with E-state index >= 15 is 0 Å². The summed E-state index contributed by atoms with van der Waals surface area (Å²) < 4.78 is 0. The average Bonchev–Trinajstić information content (AvgIpc) is 4.47. The van der Waals surface area contributed by atoms with Crippen LogP contribution in [0.4, 0.5) is 0 Å². The second-order valence-corrected chi connectivity index (χ2v) is 25.9. The monoisotopic (exact) mass is 1110 g/mol. The van der Waals surface area contributed by atoms with Gasteiger partial charge in [-0.05, 0) is 192 Å². The molecule has 416 valence electrons. The van der Waals surface area contributed by atoms with E-state index in [0.717, 1.165) is 80.4 Å². The van der Waals surface area contributed by atoms with Gasteiger partial charge in [-0.15, -0.1) is 17.1 Å². The number of aromatic nitrogens is 2. The van der Waals surface area contributed by atoms with E-state index in [1.54, 1.807) is 9.80 Å². The van der Waals surface area contributed by atoms with Gasteiger partial charge in [-0.2, -0.15) is 5.69 Å². The summed E-state index contributed by atoms with van der Waals surface area (Å²) in [5, 5.41) is 0. The van der Waals surface area contributed by atoms with Gasteiger partial charge in [0.2, 0.25) is 0 Å². The number of allylic oxidation sites excluding steroid dienone is 3. The van der Waals surface area contributed by atoms with Crippen LogP contribution in [0.3, 0.4) is 0 Å². The van der Waals surface area contributed by atoms with Gasteiger partial charge in [0.1, 0.15) is 0 Å². The van der Waals surface area contributed by atoms with Crippen molar-refractivity contribution in [2.75, 3.05) is 28.2 Å². The molecule has 4 heterocycles. The Bertz CT molecular complexity index is 3190. The molecule has 2 aromatic carbocycles. The van der Waals surface area contributed by atoms with E-state index in [9.17, 15) is 9.59 Å². The fourth-order valence-corrected chi connectivity index (χ4v) is 15.2. The summed E-state index contributed by atoms with van der Waals surface area (Å²) in [5.41, 5.74) is 26.5. The molecule has 4 aromatic rings. The minimum absolute atomic E-state index is 0. The summed E-state index contributed by atoms with van der Waals surface area (Å²) in [6.45, 7) is 31.2. The number of rotatable bonds is 10. The smallest absolute Gasteiger partial charge is 0.660 e. The topological polar surface area (TPSA) is 93.5 Å². The molecule has 9 heteroatoms. The number of nitrogens with zero attached hydrogens (tertiary/aromatic N) is 6. The van der Waals surface area contributed by atoms with Gasteiger partial charge in [0.05, 0.1) is 22.7 Å². The summed E-state index contributed by atoms with van der Waals surface area (Å²) in [6.07, 6.45) is 16.9. The Morgan fingerprint density at radius 2 is 0.949 bits per heavy atom. The Morgan fingerprint density at radius 3 is 1.42 bits per heavy atom. The molecule has 0 N–H and O–H groups in total. The number of aryl methyl sites for hydroxylation is 7. The number of carbonyl (C=O) groups excluding carboxylic acids is 2. The van der Waals surface area contributed by atoms with Crippen molar-refractivity contribution in [1.29, 1.82) is 0 Å². The number of aliphatic imine (C=N–C) groups is 2. The standard InChI is InChI=1S/2C35H47N3O.Zn/c2*1-19-16-22(4)29(23(5)17-19)31(32-24(6)18-28(36-32)26-14-10-12-20(26)2)33-25(7)30(35(39)38(8)9)34(37-33)27-15-11-13-21(27)3;/h2*16-18,20-21,26-27H,10-15H2,1-9H3,(H,36,37,39);/q;;+2/p-2. The van der Waals surface area contributed by atoms with Gasteiger partial charge < -0.3 is 19.8 Å². The predicted octanol–water partition coefficient (Wildman–Crippen LogP) is 15.9. The zero-order valence-corrected chi connectivity index (χ0v) is 54.7. The van der Waals surface area contributed by atoms with Crippen LogP contribution in [-0.2, 0) is 24.3 Å². The van der Waals surface area contributed by atoms with Crippen molar-refractivity contribution >= 4 is 34.4 Å². The van der Waals surface area contributed by atoms with E-state index < -0.39 is 0 Å². The molecule has 6 aliphatic rings. The van der Waals surface area contributed by atoms with Crippen molar-refractivity contribution in [3.8, 4) is 0 Å². The maximum atomic E-state index is 13.7. The molecule has 2 aliphatic heterocycles. The molecule has 0 saturated heterocycles. The van der Waals surface area contributed by atoms with Gasteiger partial charge >= 0.3 is 19.5 Å². The van der Waals surface area contributed by atoms with Gasteiger partial charge in [-0.25, -0.2) is 0 Å². The fraction of sp³-hybridized carbons (Fsp3) is 0.543. The largest absolute Gasteiger partial charge is 2.00 e. The molecule has 4 fully saturated rings. The number of likely N-dealkylation sites (N-methyl/N-ethyl adjacent to an activating group) is 1. The van der Waals surface area contributed by atoms with Crippen LogP contribution in [0.2, 0.25) is 0 Å². The van der Waals surface area contributed by atoms with Crippen molar-refractivity contribution in [2.45, 2.75) is 186 Å². The van der Waals surface area contributed by atoms with Crippen LogP contribution in [0, 0.1) is 90.9 Å². The zero-order valence-electron chi connectivity index (χ0n) is 51.8. The third-order valence-electron chi connectivity index (χ3n) is 19.3. The van der Waals surface area contributed by atoms with Crippen LogP contribution in [0.15, 0.2) is 74.5 Å². The van der Waals surface area contributed by atoms with Gasteiger partial charge in [-0.1, -0.05) is 132 Å². The van der Waals surface area contributed by atoms with Crippen LogP contribution in [0.1, 0.15) is 219 Å². The molecule has 79 heavy (non-hydrogen) atoms. The Balaban J connectivity index is 0.000000205. The maximum Gasteiger partial charge on any atom is 2.00 e. The Labute approximate surface area is 488 Å². The molecule has 2 amide bonds. The predicted molar refractivity (Wildman–Crippen MR) is 325 cm³/mol. The second-order valence-electron chi connectivity index (χ2n) is 25.9. The summed E-state index contributed by atoms with van der Waals surface area (Å²) in [7, 11) is 7.42. The molecule has 4 aliphatic carbocycles. The number of amides is 2. The van der Waals surface area contributed by atoms with E-state index in [4.69, 9.17) is 20.0 Å². The first-order chi connectivity index (χ1) is 37.0. The maximum absolute atomic E-state index is 13.7. The zero-order chi connectivity index (χ0) is 56.3. The molecule has 0 spiro atoms. The number of carbonyl (C=O) groups is 2. The molecule has 0 bridgehead atoms. The summed E-state index contributed by atoms with van der Waals surface area (Å²) in [6, 6.07) is 11.4. The molecule has 8 atom stereocenters. The summed E-state index contributed by atoms with van der Waals surface area (Å²) in [4.78, 5) is 52.5. The van der Waals surface area contributed by atoms with Crippen molar-refractivity contribution in [1.82, 2.24) is 19.8 Å². The first-order valence-corrected chi connectivity index (χ1v) is 30.0. The SMILES string of the molecule is CC1=C(C(=O)N(C)C)C(C2CCCC2C)=N/C1=C(\c1[n-]c(C2CCCC2C)cc1C)c1c(C)cc(C)cc1C.CC1=CC(C2CCCC2C)=N/C1=C(\c1[n-]c(C2CCCC2C)c(C(=O)N(C)C)c1C)c1c(C)cc(C)cc1C.[Zn+2]. The Hall–Kier alpha value is -5.14. The van der Waals surface area contributed by atoms with Crippen molar-refractivity contribution < 1.29 is 29.1 Å². The third kappa shape index (κ3) is 11.4. The van der Waals surface area contributed by atoms with Crippen molar-refractivity contribution in [3.63, 3.8) is 0 Å². The minimum atomic E-state index is 0. The summed E-state index contributed by atoms with van der Waals surface area (Å²) in [5.74, 6) is 4.19. The molecule has 8 nitrogen and oxygen atoms in total. The number of hydrogen-bond donors (Lipinski definition) is 0. The van der Waals surface area contributed by atoms with E-state index in [2.05, 4.69) is 133 Å². The molecule has 10 rings (SSSR count). The van der Waals surface area contributed by atoms with E-state index in [-0.39, 0.29) is 31.3 Å². The van der Waals surface area contributed by atoms with Crippen molar-refractivity contribution in [3.05, 3.63) is 148 Å². The molecule has 2 aromatic heterocycles. The van der Waals surface area contributed by atoms with Crippen LogP contribution in [0.5, 0.6) is 0 Å². The van der Waals surface area contributed by atoms with Gasteiger partial charge in [0, 0.05) is 51.3 Å². The number of benzene rings is 2.